The number of carbonyl (C=O) groups excluding carboxylic acids is 4. The molecule has 84 heavy (non-hydrogen) atoms. The fourth-order valence-electron chi connectivity index (χ4n) is 12.7. The molecule has 0 bridgehead atoms. The van der Waals surface area contributed by atoms with Crippen LogP contribution in [-0.2, 0) is 32.6 Å². The highest BCUT2D eigenvalue weighted by Crippen LogP contribution is 2.44. The Bertz CT molecular complexity index is 3650. The molecular weight excluding hydrogens is 1110 g/mol. The van der Waals surface area contributed by atoms with Gasteiger partial charge in [-0.25, -0.2) is 18.1 Å². The summed E-state index contributed by atoms with van der Waals surface area (Å²) in [6, 6.07) is 25.9. The van der Waals surface area contributed by atoms with Crippen molar-refractivity contribution in [2.24, 2.45) is 11.3 Å². The number of piperazine rings is 1. The number of sulfonamides is 1. The number of hydrogen-bond donors (Lipinski definition) is 5. The molecule has 5 aliphatic rings. The van der Waals surface area contributed by atoms with Crippen molar-refractivity contribution < 1.29 is 37.3 Å². The molecule has 6 aromatic rings. The number of nitro groups is 1. The van der Waals surface area contributed by atoms with Gasteiger partial charge in [0.15, 0.2) is 0 Å². The van der Waals surface area contributed by atoms with Crippen LogP contribution < -0.4 is 30.3 Å². The zero-order valence-corrected chi connectivity index (χ0v) is 49.0. The number of unbranched alkanes of at least 4 members (excludes halogenated alkanes) is 1. The number of anilines is 2. The number of allylic oxidation sites excluding steroid dienone is 1. The summed E-state index contributed by atoms with van der Waals surface area (Å²) in [5, 5.41) is 23.2. The zero-order valence-electron chi connectivity index (χ0n) is 47.4. The fourth-order valence-corrected chi connectivity index (χ4v) is 13.8. The molecule has 0 spiro atoms. The Balaban J connectivity index is 0.681. The summed E-state index contributed by atoms with van der Waals surface area (Å²) in [7, 11) is -4.62. The number of aromatic amines is 1. The molecule has 1 unspecified atom stereocenters. The lowest BCUT2D eigenvalue weighted by Crippen LogP contribution is -2.52. The maximum Gasteiger partial charge on any atom is 0.293 e. The van der Waals surface area contributed by atoms with Crippen LogP contribution in [0.4, 0.5) is 17.1 Å². The van der Waals surface area contributed by atoms with Crippen molar-refractivity contribution >= 4 is 78.9 Å². The molecule has 3 aliphatic heterocycles. The van der Waals surface area contributed by atoms with Crippen LogP contribution in [0.2, 0.25) is 5.02 Å². The quantitative estimate of drug-likeness (QED) is 0.0207. The number of halogens is 1. The number of fused-ring (bicyclic) bond motifs is 2. The highest BCUT2D eigenvalue weighted by atomic mass is 35.5. The van der Waals surface area contributed by atoms with Gasteiger partial charge in [-0.2, -0.15) is 0 Å². The topological polar surface area (TPSA) is 241 Å². The standard InChI is InChI=1S/C63H71ClN10O9S/c1-63(2)25-23-44(52(35-63)42-11-13-45(64)14-12-42)38-71-28-30-72(31-29-71)47-17-19-51(57(33-47)83-48-32-43-24-27-66-59(43)68-37-48)60(76)70-84(81,82)49-18-20-54(56(34-49)74(79)80)67-36-40-9-15-46(16-10-40)65-26-4-3-6-41-7-5-8-50-53(41)39-73(62(50)78)55-21-22-58(75)69-61(55)77/h5,7-8,11-14,17-20,24,27,32-34,37,40,46,55,65,67H,3-4,6,9-10,15-16,21-23,25-26,28-31,35-36,38-39H2,1-2H3,(H,66,68)(H,70,76)(H,69,75,77). The van der Waals surface area contributed by atoms with E-state index in [9.17, 15) is 37.7 Å². The number of piperidine rings is 1. The molecule has 0 radical (unpaired) electrons. The number of hydrogen-bond acceptors (Lipinski definition) is 14. The second-order valence-electron chi connectivity index (χ2n) is 23.8. The van der Waals surface area contributed by atoms with E-state index in [-0.39, 0.29) is 46.6 Å². The molecule has 5 N–H and O–H groups in total. The lowest BCUT2D eigenvalue weighted by atomic mass is 9.72. The molecule has 11 rings (SSSR count). The van der Waals surface area contributed by atoms with Gasteiger partial charge in [0.1, 0.15) is 28.9 Å². The first-order valence-electron chi connectivity index (χ1n) is 29.2. The van der Waals surface area contributed by atoms with Gasteiger partial charge >= 0.3 is 0 Å². The SMILES string of the molecule is CC1(C)CCC(CN2CCN(c3ccc(C(=O)NS(=O)(=O)c4ccc(NCC5CCC(NCCCCc6cccc7c6CN(C6CCC(=O)NC6=O)C7=O)CC5)c([N+](=O)[O-])c4)c(Oc4cnc5[nH]ccc5c4)c3)CC2)=C(c2ccc(Cl)cc2)C1. The molecule has 1 saturated carbocycles. The summed E-state index contributed by atoms with van der Waals surface area (Å²) in [6.07, 6.45) is 13.3. The van der Waals surface area contributed by atoms with Crippen molar-refractivity contribution in [2.75, 3.05) is 56.0 Å². The van der Waals surface area contributed by atoms with Crippen LogP contribution in [0.3, 0.4) is 0 Å². The number of pyridine rings is 1. The Morgan fingerprint density at radius 3 is 2.49 bits per heavy atom. The van der Waals surface area contributed by atoms with Gasteiger partial charge in [0, 0.05) is 98.3 Å². The molecule has 2 saturated heterocycles. The molecule has 21 heteroatoms. The molecule has 5 heterocycles. The number of amides is 4. The maximum absolute atomic E-state index is 14.2. The Morgan fingerprint density at radius 1 is 0.917 bits per heavy atom. The van der Waals surface area contributed by atoms with Gasteiger partial charge in [0.2, 0.25) is 11.8 Å². The van der Waals surface area contributed by atoms with Gasteiger partial charge in [-0.15, -0.1) is 0 Å². The lowest BCUT2D eigenvalue weighted by Gasteiger charge is -2.39. The fraction of sp³-hybridized carbons (Fsp3) is 0.413. The second kappa shape index (κ2) is 24.9. The first-order valence-corrected chi connectivity index (χ1v) is 31.1. The number of imide groups is 1. The number of benzene rings is 4. The average Bonchev–Trinajstić information content (AvgIpc) is 2.72. The third-order valence-corrected chi connectivity index (χ3v) is 19.0. The number of carbonyl (C=O) groups is 4. The van der Waals surface area contributed by atoms with Crippen molar-refractivity contribution in [3.63, 3.8) is 0 Å². The first kappa shape index (κ1) is 58.1. The van der Waals surface area contributed by atoms with E-state index < -0.39 is 43.4 Å². The van der Waals surface area contributed by atoms with Crippen LogP contribution in [0.15, 0.2) is 114 Å². The Kier molecular flexibility index (Phi) is 17.2. The van der Waals surface area contributed by atoms with Gasteiger partial charge in [-0.3, -0.25) is 39.5 Å². The number of nitrogens with zero attached hydrogens (tertiary/aromatic N) is 5. The number of rotatable bonds is 20. The van der Waals surface area contributed by atoms with Gasteiger partial charge < -0.3 is 30.2 Å². The second-order valence-corrected chi connectivity index (χ2v) is 25.9. The Hall–Kier alpha value is -7.65. The van der Waals surface area contributed by atoms with Crippen LogP contribution in [-0.4, -0.2) is 115 Å². The van der Waals surface area contributed by atoms with Crippen LogP contribution >= 0.6 is 11.6 Å². The summed E-state index contributed by atoms with van der Waals surface area (Å²) in [5.74, 6) is -1.17. The monoisotopic (exact) mass is 1180 g/mol. The van der Waals surface area contributed by atoms with Gasteiger partial charge in [-0.1, -0.05) is 55.3 Å². The summed E-state index contributed by atoms with van der Waals surface area (Å²) in [6.45, 7) is 10.2. The normalized spacial score (nSPS) is 20.2. The molecule has 3 fully saturated rings. The predicted octanol–water partition coefficient (Wildman–Crippen LogP) is 10.2. The van der Waals surface area contributed by atoms with Gasteiger partial charge in [-0.05, 0) is 165 Å². The minimum absolute atomic E-state index is 0.0528. The van der Waals surface area contributed by atoms with Crippen LogP contribution in [0, 0.1) is 21.4 Å². The van der Waals surface area contributed by atoms with E-state index in [1.165, 1.54) is 35.0 Å². The lowest BCUT2D eigenvalue weighted by molar-refractivity contribution is -0.384. The van der Waals surface area contributed by atoms with Crippen LogP contribution in [0.1, 0.15) is 122 Å². The number of H-pyrrole nitrogens is 1. The van der Waals surface area contributed by atoms with Gasteiger partial charge in [0.05, 0.1) is 21.6 Å². The van der Waals surface area contributed by atoms with Crippen molar-refractivity contribution in [3.8, 4) is 11.5 Å². The Morgan fingerprint density at radius 2 is 1.71 bits per heavy atom. The van der Waals surface area contributed by atoms with Gasteiger partial charge in [0.25, 0.3) is 27.5 Å². The highest BCUT2D eigenvalue weighted by molar-refractivity contribution is 7.90. The number of nitro benzene ring substituents is 1. The molecule has 1 atom stereocenters. The van der Waals surface area contributed by atoms with E-state index in [1.807, 2.05) is 36.4 Å². The molecule has 19 nitrogen and oxygen atoms in total. The van der Waals surface area contributed by atoms with Crippen molar-refractivity contribution in [3.05, 3.63) is 152 Å². The number of aryl methyl sites for hydroxylation is 1. The predicted molar refractivity (Wildman–Crippen MR) is 323 cm³/mol. The summed E-state index contributed by atoms with van der Waals surface area (Å²) >= 11 is 6.27. The average molecular weight is 1180 g/mol. The van der Waals surface area contributed by atoms with E-state index in [0.717, 1.165) is 124 Å². The Labute approximate surface area is 494 Å². The smallest absolute Gasteiger partial charge is 0.293 e. The maximum atomic E-state index is 14.2. The van der Waals surface area contributed by atoms with Crippen molar-refractivity contribution in [2.45, 2.75) is 114 Å². The van der Waals surface area contributed by atoms with Crippen LogP contribution in [0.5, 0.6) is 11.5 Å². The van der Waals surface area contributed by atoms with E-state index in [2.05, 4.69) is 66.4 Å². The van der Waals surface area contributed by atoms with E-state index in [1.54, 1.807) is 35.4 Å². The number of nitrogens with one attached hydrogen (secondary N) is 5. The summed E-state index contributed by atoms with van der Waals surface area (Å²) in [5.41, 5.74) is 8.12. The number of aromatic nitrogens is 2. The zero-order chi connectivity index (χ0) is 58.7. The molecule has 440 valence electrons. The van der Waals surface area contributed by atoms with Crippen molar-refractivity contribution in [1.82, 2.24) is 35.1 Å². The first-order chi connectivity index (χ1) is 40.4. The molecule has 2 aromatic heterocycles. The van der Waals surface area contributed by atoms with E-state index in [4.69, 9.17) is 16.3 Å². The van der Waals surface area contributed by atoms with Crippen LogP contribution in [0.25, 0.3) is 16.6 Å². The molecular formula is C63H71ClN10O9S. The third-order valence-electron chi connectivity index (χ3n) is 17.5. The number of ether oxygens (including phenoxy) is 1. The highest BCUT2D eigenvalue weighted by Gasteiger charge is 2.40. The van der Waals surface area contributed by atoms with Crippen molar-refractivity contribution in [1.29, 1.82) is 0 Å². The van der Waals surface area contributed by atoms with E-state index in [0.29, 0.717) is 55.6 Å². The summed E-state index contributed by atoms with van der Waals surface area (Å²) < 4.78 is 36.5. The third kappa shape index (κ3) is 13.3. The van der Waals surface area contributed by atoms with E-state index >= 15 is 0 Å². The largest absolute Gasteiger partial charge is 0.455 e. The molecule has 2 aliphatic carbocycles. The molecule has 4 amide bonds. The summed E-state index contributed by atoms with van der Waals surface area (Å²) in [4.78, 5) is 76.9. The minimum Gasteiger partial charge on any atom is -0.455 e. The molecule has 4 aromatic carbocycles. The minimum atomic E-state index is -4.62.